The van der Waals surface area contributed by atoms with E-state index in [0.717, 1.165) is 14.2 Å². The normalized spacial score (nSPS) is 9.73. The second-order valence-corrected chi connectivity index (χ2v) is 28.4. The van der Waals surface area contributed by atoms with Crippen molar-refractivity contribution in [2.45, 2.75) is 47.5 Å². The van der Waals surface area contributed by atoms with Gasteiger partial charge in [0.15, 0.2) is 0 Å². The Hall–Kier alpha value is -9.39. The van der Waals surface area contributed by atoms with Gasteiger partial charge in [-0.2, -0.15) is 5.26 Å². The molecule has 0 aromatic heterocycles. The van der Waals surface area contributed by atoms with Crippen LogP contribution in [0.25, 0.3) is 0 Å². The van der Waals surface area contributed by atoms with Gasteiger partial charge in [0.2, 0.25) is 6.08 Å². The maximum Gasteiger partial charge on any atom is 0.587 e. The Morgan fingerprint density at radius 2 is 0.500 bits per heavy atom. The van der Waals surface area contributed by atoms with Crippen LogP contribution in [0.2, 0.25) is 0 Å². The first-order valence-corrected chi connectivity index (χ1v) is 41.0. The zero-order valence-electron chi connectivity index (χ0n) is 63.4. The third-order valence-electron chi connectivity index (χ3n) is 11.3. The number of phenols is 1. The molecule has 0 spiro atoms. The van der Waals surface area contributed by atoms with Gasteiger partial charge in [0.05, 0.1) is 53.4 Å². The van der Waals surface area contributed by atoms with Crippen LogP contribution in [0.3, 0.4) is 0 Å². The quantitative estimate of drug-likeness (QED) is 0.0196. The second-order valence-electron chi connectivity index (χ2n) is 19.6. The van der Waals surface area contributed by atoms with Crippen molar-refractivity contribution >= 4 is 58.1 Å². The Balaban J connectivity index is 0. The maximum atomic E-state index is 12.5. The van der Waals surface area contributed by atoms with Crippen molar-refractivity contribution in [3.05, 3.63) is 320 Å². The molecular weight excluding hydrogens is 1540 g/mol. The highest BCUT2D eigenvalue weighted by atomic mass is 35.9. The molecule has 30 heteroatoms. The molecule has 0 bridgehead atoms. The Bertz CT molecular complexity index is 3530. The van der Waals surface area contributed by atoms with Crippen LogP contribution in [-0.4, -0.2) is 97.5 Å². The molecule has 0 unspecified atom stereocenters. The summed E-state index contributed by atoms with van der Waals surface area (Å²) in [5, 5.41) is 30.0. The fraction of sp³-hybridized carbons (Fsp3) is 0.225. The highest BCUT2D eigenvalue weighted by Crippen LogP contribution is 2.57. The van der Waals surface area contributed by atoms with Crippen molar-refractivity contribution in [2.24, 2.45) is 4.99 Å². The molecule has 3 N–H and O–H groups in total. The number of phosphoric acid groups is 3. The van der Waals surface area contributed by atoms with Crippen molar-refractivity contribution < 1.29 is 103 Å². The van der Waals surface area contributed by atoms with Crippen molar-refractivity contribution in [1.82, 2.24) is 0 Å². The topological polar surface area (TPSA) is 311 Å². The van der Waals surface area contributed by atoms with Crippen molar-refractivity contribution in [2.75, 3.05) is 76.1 Å². The van der Waals surface area contributed by atoms with Crippen LogP contribution in [-0.2, 0) is 79.9 Å². The Labute approximate surface area is 657 Å². The molecule has 596 valence electrons. The number of nitriles is 1. The summed E-state index contributed by atoms with van der Waals surface area (Å²) >= 11 is 9.86. The second kappa shape index (κ2) is 68.8. The number of aliphatic hydroxyl groups excluding tert-OH is 2. The van der Waals surface area contributed by atoms with Crippen LogP contribution >= 0.6 is 52.0 Å². The lowest BCUT2D eigenvalue weighted by molar-refractivity contribution is 0.185. The Kier molecular flexibility index (Phi) is 64.3. The first-order valence-electron chi connectivity index (χ1n) is 33.2. The van der Waals surface area contributed by atoms with Gasteiger partial charge in [-0.15, -0.1) is 0 Å². The number of phosphoric ester groups is 3. The van der Waals surface area contributed by atoms with Gasteiger partial charge in [-0.25, -0.2) is 23.5 Å². The molecule has 10 aromatic rings. The van der Waals surface area contributed by atoms with E-state index in [1.807, 2.05) is 133 Å². The number of nitrogens with zero attached hydrogens (tertiary/aromatic N) is 2. The molecule has 10 aromatic carbocycles. The monoisotopic (exact) mass is 1630 g/mol. The molecular formula is C80H100Cl2N2O22P4. The van der Waals surface area contributed by atoms with Gasteiger partial charge in [-0.1, -0.05) is 218 Å². The lowest BCUT2D eigenvalue weighted by atomic mass is 10.2. The lowest BCUT2D eigenvalue weighted by Crippen LogP contribution is -2.04. The fourth-order valence-electron chi connectivity index (χ4n) is 7.15. The minimum Gasteiger partial charge on any atom is -0.508 e. The van der Waals surface area contributed by atoms with Crippen molar-refractivity contribution in [3.63, 3.8) is 0 Å². The number of hydrogen-bond donors (Lipinski definition) is 3. The summed E-state index contributed by atoms with van der Waals surface area (Å²) in [5.74, 6) is 2.96. The van der Waals surface area contributed by atoms with E-state index in [-0.39, 0.29) is 26.4 Å². The summed E-state index contributed by atoms with van der Waals surface area (Å²) in [4.78, 5) is 11.8. The maximum absolute atomic E-state index is 12.5. The number of aliphatic hydroxyl groups is 2. The smallest absolute Gasteiger partial charge is 0.508 e. The fourth-order valence-corrected chi connectivity index (χ4v) is 11.7. The highest BCUT2D eigenvalue weighted by molar-refractivity contribution is 8.05. The number of phenolic OH excluding ortho intramolecular Hbond substituents is 1. The predicted octanol–water partition coefficient (Wildman–Crippen LogP) is 21.6. The van der Waals surface area contributed by atoms with Gasteiger partial charge in [0.1, 0.15) is 40.2 Å². The van der Waals surface area contributed by atoms with Crippen LogP contribution in [0, 0.1) is 11.5 Å². The number of methoxy groups -OCH3 is 4. The van der Waals surface area contributed by atoms with Crippen LogP contribution in [0.1, 0.15) is 44.4 Å². The minimum absolute atomic E-state index is 0.233. The van der Waals surface area contributed by atoms with Crippen LogP contribution < -0.4 is 27.1 Å². The number of aromatic hydroxyl groups is 1. The van der Waals surface area contributed by atoms with E-state index in [9.17, 15) is 18.3 Å². The third kappa shape index (κ3) is 57.7. The molecule has 0 atom stereocenters. The van der Waals surface area contributed by atoms with E-state index >= 15 is 0 Å². The molecule has 0 aliphatic rings. The molecule has 110 heavy (non-hydrogen) atoms. The van der Waals surface area contributed by atoms with E-state index in [1.165, 1.54) is 43.2 Å². The molecule has 0 heterocycles. The Morgan fingerprint density at radius 3 is 0.609 bits per heavy atom. The first kappa shape index (κ1) is 103. The average Bonchev–Trinajstić information content (AvgIpc) is 0.860. The van der Waals surface area contributed by atoms with Crippen molar-refractivity contribution in [1.29, 1.82) is 5.26 Å². The number of halogens is 2. The zero-order valence-corrected chi connectivity index (χ0v) is 68.4. The standard InChI is InChI=1S/3C14H15O4P.3C8H10O.C6H6O.C2H5Cl2O2P.2C2H3NO.2CH4O/c3*1-2-16-19(15,17-13-9-5-3-6-10-13)18-14-11-7-4-8-12-14;3*1-9-7-8-5-3-2-4-6-8;7-6-4-2-1-3-5-6;1-2-6-7(3,4)5;1-4-2-3;1-3-2-4;2*1-2/h3*3-12H,2H2,1H3;3*2-6H,7H2,1H3;1-5,7H;2H2,1H3;2*1H3;2*2H,1H3. The van der Waals surface area contributed by atoms with E-state index in [4.69, 9.17) is 103 Å². The van der Waals surface area contributed by atoms with E-state index in [1.54, 1.807) is 219 Å². The first-order chi connectivity index (χ1) is 53.2. The molecule has 10 rings (SSSR count). The predicted molar refractivity (Wildman–Crippen MR) is 434 cm³/mol. The summed E-state index contributed by atoms with van der Waals surface area (Å²) in [5.41, 5.74) is 3.67. The molecule has 24 nitrogen and oxygen atoms in total. The van der Waals surface area contributed by atoms with E-state index in [0.29, 0.717) is 60.1 Å². The number of ether oxygens (including phenoxy) is 4. The van der Waals surface area contributed by atoms with E-state index in [2.05, 4.69) is 14.3 Å². The number of isocyanates is 1. The number of rotatable bonds is 26. The molecule has 0 radical (unpaired) electrons. The number of aliphatic imine (C=N–C) groups is 1. The van der Waals surface area contributed by atoms with Gasteiger partial charge < -0.3 is 65.9 Å². The molecule has 0 aliphatic carbocycles. The third-order valence-corrected chi connectivity index (χ3v) is 16.8. The summed E-state index contributed by atoms with van der Waals surface area (Å²) in [6.07, 6.45) is -0.485. The number of benzene rings is 10. The summed E-state index contributed by atoms with van der Waals surface area (Å²) in [6.45, 7) is 9.97. The summed E-state index contributed by atoms with van der Waals surface area (Å²) in [6, 6.07) is 91.9. The van der Waals surface area contributed by atoms with Crippen molar-refractivity contribution in [3.8, 4) is 46.5 Å². The summed E-state index contributed by atoms with van der Waals surface area (Å²) < 4.78 is 118. The number of para-hydroxylation sites is 7. The van der Waals surface area contributed by atoms with Gasteiger partial charge in [-0.05, 0) is 152 Å². The molecule has 0 saturated heterocycles. The van der Waals surface area contributed by atoms with Gasteiger partial charge in [0.25, 0.3) is 6.26 Å². The molecule has 0 saturated carbocycles. The van der Waals surface area contributed by atoms with Crippen LogP contribution in [0.4, 0.5) is 0 Å². The molecule has 0 amide bonds. The Morgan fingerprint density at radius 1 is 0.336 bits per heavy atom. The van der Waals surface area contributed by atoms with Gasteiger partial charge >= 0.3 is 29.5 Å². The lowest BCUT2D eigenvalue weighted by Gasteiger charge is -2.18. The summed E-state index contributed by atoms with van der Waals surface area (Å²) in [7, 11) is -1.18. The number of hydrogen-bond acceptors (Lipinski definition) is 24. The van der Waals surface area contributed by atoms with Crippen LogP contribution in [0.5, 0.6) is 40.2 Å². The van der Waals surface area contributed by atoms with Crippen LogP contribution in [0.15, 0.2) is 308 Å². The molecule has 0 fully saturated rings. The largest absolute Gasteiger partial charge is 0.587 e. The SMILES string of the molecule is CCOP(=O)(Cl)Cl.CCOP(=O)(Oc1ccccc1)Oc1ccccc1.CCOP(=O)(Oc1ccccc1)Oc1ccccc1.CCOP(=O)(Oc1ccccc1)Oc1ccccc1.CN=C=O.CO.CO.COC#N.COCc1ccccc1.COCc1ccccc1.COCc1ccccc1.Oc1ccccc1. The highest BCUT2D eigenvalue weighted by Gasteiger charge is 2.32. The molecule has 0 aliphatic heterocycles. The zero-order chi connectivity index (χ0) is 82.1. The average molecular weight is 1640 g/mol. The number of carbonyl (C=O) groups excluding carboxylic acids is 1. The van der Waals surface area contributed by atoms with E-state index < -0.39 is 29.5 Å². The van der Waals surface area contributed by atoms with Gasteiger partial charge in [0, 0.05) is 42.6 Å². The van der Waals surface area contributed by atoms with Gasteiger partial charge in [-0.3, -0.25) is 18.1 Å². The minimum atomic E-state index is -3.66.